The van der Waals surface area contributed by atoms with E-state index in [0.29, 0.717) is 18.0 Å². The number of aromatic nitrogens is 3. The van der Waals surface area contributed by atoms with E-state index >= 15 is 0 Å². The van der Waals surface area contributed by atoms with Gasteiger partial charge in [0.05, 0.1) is 7.11 Å². The molecule has 0 fully saturated rings. The van der Waals surface area contributed by atoms with Crippen molar-refractivity contribution in [2.24, 2.45) is 0 Å². The zero-order valence-corrected chi connectivity index (χ0v) is 16.2. The molecular weight excluding hydrogens is 372 g/mol. The predicted octanol–water partition coefficient (Wildman–Crippen LogP) is 1.75. The Morgan fingerprint density at radius 3 is 2.66 bits per heavy atom. The van der Waals surface area contributed by atoms with Gasteiger partial charge in [0, 0.05) is 18.3 Å². The number of amides is 2. The summed E-state index contributed by atoms with van der Waals surface area (Å²) in [5.74, 6) is -0.174. The minimum absolute atomic E-state index is 0.0206. The van der Waals surface area contributed by atoms with Crippen LogP contribution in [0.15, 0.2) is 48.5 Å². The molecule has 3 aromatic rings. The van der Waals surface area contributed by atoms with Crippen LogP contribution < -0.4 is 21.1 Å². The molecule has 0 aliphatic heterocycles. The molecule has 1 heterocycles. The molecule has 0 unspecified atom stereocenters. The zero-order valence-electron chi connectivity index (χ0n) is 16.2. The van der Waals surface area contributed by atoms with Crippen molar-refractivity contribution in [2.45, 2.75) is 20.0 Å². The van der Waals surface area contributed by atoms with Gasteiger partial charge in [-0.15, -0.1) is 5.10 Å². The minimum Gasteiger partial charge on any atom is -0.497 e. The number of anilines is 2. The fourth-order valence-corrected chi connectivity index (χ4v) is 2.61. The van der Waals surface area contributed by atoms with E-state index in [4.69, 9.17) is 10.5 Å². The van der Waals surface area contributed by atoms with Crippen molar-refractivity contribution < 1.29 is 14.3 Å². The fraction of sp³-hybridized carbons (Fsp3) is 0.200. The zero-order chi connectivity index (χ0) is 20.8. The van der Waals surface area contributed by atoms with E-state index in [-0.39, 0.29) is 24.0 Å². The van der Waals surface area contributed by atoms with Gasteiger partial charge in [-0.2, -0.15) is 0 Å². The molecule has 0 atom stereocenters. The largest absolute Gasteiger partial charge is 0.497 e. The van der Waals surface area contributed by atoms with Gasteiger partial charge in [-0.1, -0.05) is 41.1 Å². The van der Waals surface area contributed by atoms with E-state index in [9.17, 15) is 9.59 Å². The lowest BCUT2D eigenvalue weighted by Gasteiger charge is -2.08. The van der Waals surface area contributed by atoms with Gasteiger partial charge >= 0.3 is 0 Å². The van der Waals surface area contributed by atoms with Gasteiger partial charge in [0.1, 0.15) is 12.3 Å². The Bertz CT molecular complexity index is 1010. The Morgan fingerprint density at radius 1 is 1.17 bits per heavy atom. The molecule has 0 saturated carbocycles. The highest BCUT2D eigenvalue weighted by atomic mass is 16.5. The quantitative estimate of drug-likeness (QED) is 0.561. The van der Waals surface area contributed by atoms with Crippen LogP contribution in [-0.2, 0) is 17.9 Å². The van der Waals surface area contributed by atoms with Crippen LogP contribution in [0, 0.1) is 6.92 Å². The molecule has 1 aromatic heterocycles. The molecule has 4 N–H and O–H groups in total. The molecule has 3 rings (SSSR count). The van der Waals surface area contributed by atoms with E-state index < -0.39 is 5.91 Å². The van der Waals surface area contributed by atoms with Gasteiger partial charge in [-0.05, 0) is 24.6 Å². The monoisotopic (exact) mass is 394 g/mol. The Hall–Kier alpha value is -3.88. The standard InChI is InChI=1S/C20H22N6O3/c1-13-6-8-14(9-7-13)11-22-20(28)18-19(21)26(25-24-18)12-17(27)23-15-4-3-5-16(10-15)29-2/h3-10H,11-12,21H2,1-2H3,(H,22,28)(H,23,27). The van der Waals surface area contributed by atoms with Crippen LogP contribution in [0.3, 0.4) is 0 Å². The highest BCUT2D eigenvalue weighted by molar-refractivity contribution is 5.96. The van der Waals surface area contributed by atoms with Crippen molar-refractivity contribution in [1.82, 2.24) is 20.3 Å². The average Bonchev–Trinajstić information content (AvgIpc) is 3.07. The van der Waals surface area contributed by atoms with Gasteiger partial charge in [0.15, 0.2) is 11.5 Å². The van der Waals surface area contributed by atoms with E-state index in [2.05, 4.69) is 20.9 Å². The lowest BCUT2D eigenvalue weighted by atomic mass is 10.1. The first-order chi connectivity index (χ1) is 14.0. The van der Waals surface area contributed by atoms with Crippen LogP contribution in [0.25, 0.3) is 0 Å². The topological polar surface area (TPSA) is 124 Å². The van der Waals surface area contributed by atoms with E-state index in [0.717, 1.165) is 11.1 Å². The molecule has 0 radical (unpaired) electrons. The maximum absolute atomic E-state index is 12.3. The SMILES string of the molecule is COc1cccc(NC(=O)Cn2nnc(C(=O)NCc3ccc(C)cc3)c2N)c1. The number of nitrogens with two attached hydrogens (primary N) is 1. The number of benzene rings is 2. The maximum atomic E-state index is 12.3. The van der Waals surface area contributed by atoms with E-state index in [1.54, 1.807) is 31.4 Å². The summed E-state index contributed by atoms with van der Waals surface area (Å²) >= 11 is 0. The number of ether oxygens (including phenoxy) is 1. The normalized spacial score (nSPS) is 10.4. The maximum Gasteiger partial charge on any atom is 0.275 e. The van der Waals surface area contributed by atoms with Crippen molar-refractivity contribution in [3.63, 3.8) is 0 Å². The predicted molar refractivity (Wildman–Crippen MR) is 108 cm³/mol. The molecule has 29 heavy (non-hydrogen) atoms. The summed E-state index contributed by atoms with van der Waals surface area (Å²) in [5, 5.41) is 13.1. The third-order valence-corrected chi connectivity index (χ3v) is 4.21. The second kappa shape index (κ2) is 8.87. The first-order valence-corrected chi connectivity index (χ1v) is 8.93. The van der Waals surface area contributed by atoms with Gasteiger partial charge in [-0.25, -0.2) is 4.68 Å². The highest BCUT2D eigenvalue weighted by Crippen LogP contribution is 2.17. The van der Waals surface area contributed by atoms with Crippen LogP contribution in [0.4, 0.5) is 11.5 Å². The number of carbonyl (C=O) groups excluding carboxylic acids is 2. The average molecular weight is 394 g/mol. The number of hydrogen-bond donors (Lipinski definition) is 3. The Balaban J connectivity index is 1.59. The minimum atomic E-state index is -0.456. The van der Waals surface area contributed by atoms with Crippen LogP contribution in [0.1, 0.15) is 21.6 Å². The molecule has 0 bridgehead atoms. The summed E-state index contributed by atoms with van der Waals surface area (Å²) in [6.07, 6.45) is 0. The number of nitrogens with one attached hydrogen (secondary N) is 2. The summed E-state index contributed by atoms with van der Waals surface area (Å²) in [7, 11) is 1.54. The van der Waals surface area contributed by atoms with Crippen molar-refractivity contribution in [1.29, 1.82) is 0 Å². The number of nitrogen functional groups attached to an aromatic ring is 1. The van der Waals surface area contributed by atoms with Gasteiger partial charge in [-0.3, -0.25) is 9.59 Å². The summed E-state index contributed by atoms with van der Waals surface area (Å²) < 4.78 is 6.30. The third-order valence-electron chi connectivity index (χ3n) is 4.21. The fourth-order valence-electron chi connectivity index (χ4n) is 2.61. The van der Waals surface area contributed by atoms with Crippen LogP contribution in [0.5, 0.6) is 5.75 Å². The molecule has 9 nitrogen and oxygen atoms in total. The third kappa shape index (κ3) is 5.10. The van der Waals surface area contributed by atoms with Crippen molar-refractivity contribution in [3.05, 3.63) is 65.4 Å². The van der Waals surface area contributed by atoms with Crippen molar-refractivity contribution >= 4 is 23.3 Å². The second-order valence-electron chi connectivity index (χ2n) is 6.43. The molecule has 0 aliphatic carbocycles. The van der Waals surface area contributed by atoms with Crippen LogP contribution >= 0.6 is 0 Å². The van der Waals surface area contributed by atoms with E-state index in [1.165, 1.54) is 4.68 Å². The number of rotatable bonds is 7. The van der Waals surface area contributed by atoms with E-state index in [1.807, 2.05) is 31.2 Å². The van der Waals surface area contributed by atoms with Crippen molar-refractivity contribution in [2.75, 3.05) is 18.2 Å². The summed E-state index contributed by atoms with van der Waals surface area (Å²) in [6.45, 7) is 2.15. The lowest BCUT2D eigenvalue weighted by molar-refractivity contribution is -0.116. The van der Waals surface area contributed by atoms with Crippen molar-refractivity contribution in [3.8, 4) is 5.75 Å². The smallest absolute Gasteiger partial charge is 0.275 e. The molecule has 0 saturated heterocycles. The molecule has 150 valence electrons. The van der Waals surface area contributed by atoms with Crippen LogP contribution in [0.2, 0.25) is 0 Å². The molecule has 2 aromatic carbocycles. The highest BCUT2D eigenvalue weighted by Gasteiger charge is 2.18. The molecule has 0 aliphatic rings. The first-order valence-electron chi connectivity index (χ1n) is 8.93. The number of hydrogen-bond acceptors (Lipinski definition) is 6. The summed E-state index contributed by atoms with van der Waals surface area (Å²) in [6, 6.07) is 14.7. The Labute approximate surface area is 167 Å². The van der Waals surface area contributed by atoms with Gasteiger partial charge in [0.25, 0.3) is 5.91 Å². The Morgan fingerprint density at radius 2 is 1.93 bits per heavy atom. The number of aryl methyl sites for hydroxylation is 1. The molecule has 9 heteroatoms. The second-order valence-corrected chi connectivity index (χ2v) is 6.43. The number of nitrogens with zero attached hydrogens (tertiary/aromatic N) is 3. The van der Waals surface area contributed by atoms with Gasteiger partial charge < -0.3 is 21.1 Å². The van der Waals surface area contributed by atoms with Crippen LogP contribution in [-0.4, -0.2) is 33.9 Å². The number of methoxy groups -OCH3 is 1. The molecular formula is C20H22N6O3. The van der Waals surface area contributed by atoms with Gasteiger partial charge in [0.2, 0.25) is 5.91 Å². The molecule has 0 spiro atoms. The first kappa shape index (κ1) is 19.9. The lowest BCUT2D eigenvalue weighted by Crippen LogP contribution is -2.25. The summed E-state index contributed by atoms with van der Waals surface area (Å²) in [5.41, 5.74) is 8.60. The summed E-state index contributed by atoms with van der Waals surface area (Å²) in [4.78, 5) is 24.6. The molecule has 2 amide bonds. The Kier molecular flexibility index (Phi) is 6.08. The number of carbonyl (C=O) groups is 2.